The van der Waals surface area contributed by atoms with Crippen molar-refractivity contribution in [3.63, 3.8) is 0 Å². The second-order valence-corrected chi connectivity index (χ2v) is 13.2. The van der Waals surface area contributed by atoms with Gasteiger partial charge in [0.1, 0.15) is 0 Å². The Labute approximate surface area is 184 Å². The standard InChI is InChI=1S/2C13H13.2FH.Zr/c2*1-11-5-4-8-13(9-11)10-12-6-2-3-7-12;;;/h2*2-9H,10H2,1H3;2*1H;/q;;;;+2/p-2. The van der Waals surface area contributed by atoms with Crippen molar-refractivity contribution >= 4 is 0 Å². The van der Waals surface area contributed by atoms with Gasteiger partial charge in [0.2, 0.25) is 0 Å². The molecule has 0 nitrogen and oxygen atoms in total. The topological polar surface area (TPSA) is 0 Å². The molecule has 0 atom stereocenters. The van der Waals surface area contributed by atoms with Crippen molar-refractivity contribution < 1.29 is 32.6 Å². The predicted octanol–water partition coefficient (Wildman–Crippen LogP) is 0.749. The molecule has 3 heteroatoms. The van der Waals surface area contributed by atoms with Crippen LogP contribution in [0, 0.1) is 13.8 Å². The van der Waals surface area contributed by atoms with Gasteiger partial charge in [-0.05, 0) is 0 Å². The van der Waals surface area contributed by atoms with Gasteiger partial charge in [-0.1, -0.05) is 0 Å². The Morgan fingerprint density at radius 1 is 0.621 bits per heavy atom. The van der Waals surface area contributed by atoms with Crippen molar-refractivity contribution in [2.24, 2.45) is 0 Å². The van der Waals surface area contributed by atoms with Crippen LogP contribution in [-0.2, 0) is 36.1 Å². The van der Waals surface area contributed by atoms with Crippen LogP contribution in [0.25, 0.3) is 0 Å². The van der Waals surface area contributed by atoms with Gasteiger partial charge in [0.05, 0.1) is 0 Å². The zero-order chi connectivity index (χ0) is 18.7. The molecular weight excluding hydrogens is 442 g/mol. The zero-order valence-electron chi connectivity index (χ0n) is 16.9. The van der Waals surface area contributed by atoms with Crippen LogP contribution < -0.4 is 9.41 Å². The molecule has 0 aromatic heterocycles. The molecule has 0 amide bonds. The van der Waals surface area contributed by atoms with E-state index >= 15 is 0 Å². The Bertz CT molecular complexity index is 851. The molecule has 0 N–H and O–H groups in total. The molecule has 29 heavy (non-hydrogen) atoms. The molecule has 2 aromatic carbocycles. The van der Waals surface area contributed by atoms with Gasteiger partial charge in [-0.3, -0.25) is 0 Å². The molecule has 2 aliphatic rings. The average Bonchev–Trinajstić information content (AvgIpc) is 3.25. The first kappa shape index (κ1) is 23.4. The molecule has 0 saturated heterocycles. The minimum atomic E-state index is -0.869. The molecule has 2 aliphatic carbocycles. The molecule has 0 saturated carbocycles. The Hall–Kier alpha value is -1.86. The van der Waals surface area contributed by atoms with Crippen LogP contribution in [0.2, 0.25) is 6.25 Å². The summed E-state index contributed by atoms with van der Waals surface area (Å²) >= 11 is -0.869. The quantitative estimate of drug-likeness (QED) is 0.588. The summed E-state index contributed by atoms with van der Waals surface area (Å²) in [6.45, 7) is 4.39. The number of halogens is 2. The second kappa shape index (κ2) is 9.76. The molecule has 0 bridgehead atoms. The number of rotatable bonds is 6. The number of allylic oxidation sites excluding steroid dienone is 8. The fourth-order valence-corrected chi connectivity index (χ4v) is 9.60. The molecule has 0 fully saturated rings. The largest absolute Gasteiger partial charge is 1.00 e. The number of aryl methyl sites for hydroxylation is 2. The summed E-state index contributed by atoms with van der Waals surface area (Å²) in [5.41, 5.74) is 5.63. The second-order valence-electron chi connectivity index (χ2n) is 7.97. The molecule has 0 spiro atoms. The SMILES string of the molecule is Cc1cccc(C[C]2([Zr+2][C]3(Cc4cccc(C)c4)C=CC=C3)C=CC=C2)c1.[F-].[F-]. The first-order valence-corrected chi connectivity index (χ1v) is 12.2. The maximum atomic E-state index is 2.49. The van der Waals surface area contributed by atoms with E-state index in [0.29, 0.717) is 0 Å². The number of benzene rings is 2. The van der Waals surface area contributed by atoms with Gasteiger partial charge in [-0.25, -0.2) is 0 Å². The van der Waals surface area contributed by atoms with Gasteiger partial charge in [0.25, 0.3) is 0 Å². The van der Waals surface area contributed by atoms with Gasteiger partial charge in [0, 0.05) is 0 Å². The van der Waals surface area contributed by atoms with Crippen LogP contribution >= 0.6 is 0 Å². The van der Waals surface area contributed by atoms with Crippen LogP contribution in [0.15, 0.2) is 97.1 Å². The minimum absolute atomic E-state index is 0. The third kappa shape index (κ3) is 5.60. The molecular formula is C26H26F2Zr. The van der Waals surface area contributed by atoms with Crippen molar-refractivity contribution in [3.8, 4) is 0 Å². The van der Waals surface area contributed by atoms with Gasteiger partial charge < -0.3 is 9.41 Å². The summed E-state index contributed by atoms with van der Waals surface area (Å²) in [6.07, 6.45) is 21.3. The van der Waals surface area contributed by atoms with E-state index in [2.05, 4.69) is 111 Å². The maximum absolute atomic E-state index is 2.49. The van der Waals surface area contributed by atoms with Crippen molar-refractivity contribution in [3.05, 3.63) is 119 Å². The first-order chi connectivity index (χ1) is 13.1. The number of hydrogen-bond donors (Lipinski definition) is 0. The smallest absolute Gasteiger partial charge is 1.00 e. The van der Waals surface area contributed by atoms with Crippen molar-refractivity contribution in [2.45, 2.75) is 32.9 Å². The van der Waals surface area contributed by atoms with E-state index in [1.165, 1.54) is 22.3 Å². The summed E-state index contributed by atoms with van der Waals surface area (Å²) in [5.74, 6) is 0. The van der Waals surface area contributed by atoms with Crippen molar-refractivity contribution in [2.75, 3.05) is 0 Å². The summed E-state index contributed by atoms with van der Waals surface area (Å²) in [4.78, 5) is 0. The van der Waals surface area contributed by atoms with E-state index in [4.69, 9.17) is 0 Å². The molecule has 0 aliphatic heterocycles. The Kier molecular flexibility index (Phi) is 7.89. The molecule has 2 aromatic rings. The zero-order valence-corrected chi connectivity index (χ0v) is 19.4. The van der Waals surface area contributed by atoms with Crippen LogP contribution in [0.1, 0.15) is 22.3 Å². The van der Waals surface area contributed by atoms with Crippen LogP contribution in [0.4, 0.5) is 0 Å². The summed E-state index contributed by atoms with van der Waals surface area (Å²) in [6, 6.07) is 18.1. The summed E-state index contributed by atoms with van der Waals surface area (Å²) in [7, 11) is 0. The van der Waals surface area contributed by atoms with Crippen LogP contribution in [-0.4, -0.2) is 0 Å². The molecule has 0 radical (unpaired) electrons. The predicted molar refractivity (Wildman–Crippen MR) is 112 cm³/mol. The van der Waals surface area contributed by atoms with E-state index in [1.807, 2.05) is 0 Å². The Balaban J connectivity index is 0.00000150. The normalized spacial score (nSPS) is 16.9. The van der Waals surface area contributed by atoms with Gasteiger partial charge in [0.15, 0.2) is 0 Å². The van der Waals surface area contributed by atoms with Gasteiger partial charge in [-0.15, -0.1) is 0 Å². The third-order valence-electron chi connectivity index (χ3n) is 5.42. The van der Waals surface area contributed by atoms with Gasteiger partial charge >= 0.3 is 176 Å². The number of hydrogen-bond acceptors (Lipinski definition) is 0. The molecule has 4 rings (SSSR count). The third-order valence-corrected chi connectivity index (χ3v) is 10.2. The molecule has 0 unspecified atom stereocenters. The van der Waals surface area contributed by atoms with Crippen LogP contribution in [0.3, 0.4) is 0 Å². The Morgan fingerprint density at radius 3 is 1.34 bits per heavy atom. The van der Waals surface area contributed by atoms with Crippen molar-refractivity contribution in [1.29, 1.82) is 0 Å². The van der Waals surface area contributed by atoms with E-state index in [-0.39, 0.29) is 15.7 Å². The van der Waals surface area contributed by atoms with Crippen molar-refractivity contribution in [1.82, 2.24) is 0 Å². The monoisotopic (exact) mass is 466 g/mol. The van der Waals surface area contributed by atoms with Gasteiger partial charge in [-0.2, -0.15) is 0 Å². The molecule has 0 heterocycles. The minimum Gasteiger partial charge on any atom is -1.00 e. The molecule has 148 valence electrons. The van der Waals surface area contributed by atoms with Crippen LogP contribution in [0.5, 0.6) is 0 Å². The van der Waals surface area contributed by atoms with E-state index in [0.717, 1.165) is 12.8 Å². The Morgan fingerprint density at radius 2 is 1.00 bits per heavy atom. The van der Waals surface area contributed by atoms with E-state index in [1.54, 1.807) is 0 Å². The summed E-state index contributed by atoms with van der Waals surface area (Å²) in [5, 5.41) is 0. The fourth-order valence-electron chi connectivity index (χ4n) is 4.26. The fraction of sp³-hybridized carbons (Fsp3) is 0.231. The first-order valence-electron chi connectivity index (χ1n) is 9.71. The maximum Gasteiger partial charge on any atom is -1.00 e. The van der Waals surface area contributed by atoms with E-state index in [9.17, 15) is 0 Å². The summed E-state index contributed by atoms with van der Waals surface area (Å²) < 4.78 is 0.500. The average molecular weight is 468 g/mol. The van der Waals surface area contributed by atoms with E-state index < -0.39 is 23.2 Å².